The lowest BCUT2D eigenvalue weighted by Crippen LogP contribution is -2.37. The predicted molar refractivity (Wildman–Crippen MR) is 161 cm³/mol. The van der Waals surface area contributed by atoms with Gasteiger partial charge in [0.1, 0.15) is 5.75 Å². The van der Waals surface area contributed by atoms with Crippen molar-refractivity contribution >= 4 is 17.7 Å². The molecule has 2 amide bonds. The maximum absolute atomic E-state index is 12.5. The van der Waals surface area contributed by atoms with Crippen LogP contribution in [0.4, 0.5) is 10.5 Å². The first-order valence-electron chi connectivity index (χ1n) is 13.9. The molecule has 0 saturated carbocycles. The second-order valence-corrected chi connectivity index (χ2v) is 9.74. The Labute approximate surface area is 250 Å². The minimum atomic E-state index is -0.689. The Morgan fingerprint density at radius 1 is 0.791 bits per heavy atom. The van der Waals surface area contributed by atoms with Crippen LogP contribution in [0, 0.1) is 0 Å². The minimum Gasteiger partial charge on any atom is -0.872 e. The van der Waals surface area contributed by atoms with Crippen molar-refractivity contribution in [1.29, 1.82) is 0 Å². The number of carbonyl (C=O) groups is 2. The largest absolute Gasteiger partial charge is 0.872 e. The summed E-state index contributed by atoms with van der Waals surface area (Å²) >= 11 is 0. The normalized spacial score (nSPS) is 10.5. The van der Waals surface area contributed by atoms with Crippen molar-refractivity contribution in [3.8, 4) is 22.6 Å². The van der Waals surface area contributed by atoms with Crippen molar-refractivity contribution < 1.29 is 28.7 Å². The number of rotatable bonds is 11. The summed E-state index contributed by atoms with van der Waals surface area (Å²) < 4.78 is 12.9. The molecular formula is C35H31N3O5. The van der Waals surface area contributed by atoms with Gasteiger partial charge in [-0.2, -0.15) is 4.57 Å². The van der Waals surface area contributed by atoms with E-state index in [2.05, 4.69) is 34.9 Å². The number of pyridine rings is 1. The molecule has 0 aliphatic carbocycles. The monoisotopic (exact) mass is 573 g/mol. The summed E-state index contributed by atoms with van der Waals surface area (Å²) in [6.45, 7) is 0.718. The highest BCUT2D eigenvalue weighted by Gasteiger charge is 2.12. The fourth-order valence-corrected chi connectivity index (χ4v) is 4.52. The quantitative estimate of drug-likeness (QED) is 0.161. The fourth-order valence-electron chi connectivity index (χ4n) is 4.52. The van der Waals surface area contributed by atoms with Crippen LogP contribution >= 0.6 is 0 Å². The van der Waals surface area contributed by atoms with Crippen LogP contribution in [0.5, 0.6) is 11.5 Å². The number of para-hydroxylation sites is 1. The first-order chi connectivity index (χ1) is 21.0. The van der Waals surface area contributed by atoms with Crippen LogP contribution in [0.1, 0.15) is 21.5 Å². The average Bonchev–Trinajstić information content (AvgIpc) is 3.04. The van der Waals surface area contributed by atoms with Crippen LogP contribution in [0.25, 0.3) is 11.1 Å². The van der Waals surface area contributed by atoms with E-state index in [0.29, 0.717) is 12.3 Å². The molecule has 1 heterocycles. The molecule has 8 heteroatoms. The zero-order valence-corrected chi connectivity index (χ0v) is 23.4. The van der Waals surface area contributed by atoms with Crippen molar-refractivity contribution in [2.45, 2.75) is 19.7 Å². The molecule has 0 radical (unpaired) electrons. The fraction of sp³-hybridized carbons (Fsp3) is 0.114. The van der Waals surface area contributed by atoms with E-state index in [4.69, 9.17) is 9.47 Å². The first-order valence-corrected chi connectivity index (χ1v) is 13.9. The van der Waals surface area contributed by atoms with E-state index in [9.17, 15) is 14.7 Å². The summed E-state index contributed by atoms with van der Waals surface area (Å²) in [5, 5.41) is 17.4. The molecular weight excluding hydrogens is 542 g/mol. The predicted octanol–water partition coefficient (Wildman–Crippen LogP) is 5.47. The zero-order chi connectivity index (χ0) is 29.9. The molecule has 5 aromatic rings. The van der Waals surface area contributed by atoms with E-state index in [1.54, 1.807) is 47.3 Å². The Balaban J connectivity index is 1.06. The Bertz CT molecular complexity index is 1670. The van der Waals surface area contributed by atoms with Crippen molar-refractivity contribution in [2.24, 2.45) is 0 Å². The number of anilines is 1. The maximum Gasteiger partial charge on any atom is 0.342 e. The van der Waals surface area contributed by atoms with Crippen molar-refractivity contribution in [3.05, 3.63) is 144 Å². The van der Waals surface area contributed by atoms with E-state index >= 15 is 0 Å². The van der Waals surface area contributed by atoms with Crippen molar-refractivity contribution in [3.63, 3.8) is 0 Å². The molecule has 2 N–H and O–H groups in total. The summed E-state index contributed by atoms with van der Waals surface area (Å²) in [5.41, 5.74) is 5.03. The Morgan fingerprint density at radius 2 is 1.53 bits per heavy atom. The lowest BCUT2D eigenvalue weighted by molar-refractivity contribution is -0.727. The van der Waals surface area contributed by atoms with Gasteiger partial charge < -0.3 is 25.2 Å². The second kappa shape index (κ2) is 14.3. The third-order valence-corrected chi connectivity index (χ3v) is 6.68. The van der Waals surface area contributed by atoms with Crippen LogP contribution in [0.2, 0.25) is 0 Å². The van der Waals surface area contributed by atoms with Gasteiger partial charge in [0.2, 0.25) is 0 Å². The molecule has 216 valence electrons. The first kappa shape index (κ1) is 28.9. The molecule has 0 bridgehead atoms. The van der Waals surface area contributed by atoms with Gasteiger partial charge in [-0.15, -0.1) is 0 Å². The molecule has 8 nitrogen and oxygen atoms in total. The number of urea groups is 1. The van der Waals surface area contributed by atoms with Crippen LogP contribution in [-0.2, 0) is 24.4 Å². The summed E-state index contributed by atoms with van der Waals surface area (Å²) in [6.07, 6.45) is 4.25. The highest BCUT2D eigenvalue weighted by molar-refractivity contribution is 5.92. The van der Waals surface area contributed by atoms with Gasteiger partial charge in [0.25, 0.3) is 6.73 Å². The number of aromatic nitrogens is 1. The van der Waals surface area contributed by atoms with Crippen molar-refractivity contribution in [1.82, 2.24) is 5.32 Å². The molecule has 0 saturated heterocycles. The molecule has 0 aliphatic heterocycles. The number of benzene rings is 4. The molecule has 0 aliphatic rings. The highest BCUT2D eigenvalue weighted by atomic mass is 16.5. The summed E-state index contributed by atoms with van der Waals surface area (Å²) in [7, 11) is 0. The van der Waals surface area contributed by atoms with Gasteiger partial charge in [0.15, 0.2) is 12.4 Å². The Morgan fingerprint density at radius 3 is 2.35 bits per heavy atom. The van der Waals surface area contributed by atoms with Gasteiger partial charge >= 0.3 is 12.0 Å². The van der Waals surface area contributed by atoms with Gasteiger partial charge in [-0.3, -0.25) is 0 Å². The lowest BCUT2D eigenvalue weighted by atomic mass is 9.98. The van der Waals surface area contributed by atoms with Crippen LogP contribution in [0.15, 0.2) is 128 Å². The van der Waals surface area contributed by atoms with E-state index in [0.717, 1.165) is 17.7 Å². The molecule has 5 rings (SSSR count). The number of nitrogens with one attached hydrogen (secondary N) is 2. The number of hydrogen-bond acceptors (Lipinski definition) is 5. The zero-order valence-electron chi connectivity index (χ0n) is 23.4. The van der Waals surface area contributed by atoms with E-state index in [1.165, 1.54) is 28.8 Å². The average molecular weight is 574 g/mol. The van der Waals surface area contributed by atoms with Crippen molar-refractivity contribution in [2.75, 3.05) is 11.9 Å². The molecule has 0 spiro atoms. The van der Waals surface area contributed by atoms with Crippen LogP contribution < -0.4 is 25.0 Å². The number of nitrogens with zero attached hydrogens (tertiary/aromatic N) is 1. The number of carbonyl (C=O) groups excluding carboxylic acids is 2. The van der Waals surface area contributed by atoms with Gasteiger partial charge in [0.05, 0.1) is 18.7 Å². The Hall–Kier alpha value is -5.63. The minimum absolute atomic E-state index is 0.0122. The third-order valence-electron chi connectivity index (χ3n) is 6.68. The molecule has 0 unspecified atom stereocenters. The van der Waals surface area contributed by atoms with E-state index in [1.807, 2.05) is 48.5 Å². The maximum atomic E-state index is 12.5. The molecule has 1 aromatic heterocycles. The van der Waals surface area contributed by atoms with Gasteiger partial charge in [-0.25, -0.2) is 9.59 Å². The highest BCUT2D eigenvalue weighted by Crippen LogP contribution is 2.24. The topological polar surface area (TPSA) is 104 Å². The molecule has 0 fully saturated rings. The summed E-state index contributed by atoms with van der Waals surface area (Å²) in [6, 6.07) is 35.1. The summed E-state index contributed by atoms with van der Waals surface area (Å²) in [4.78, 5) is 24.7. The number of amides is 2. The van der Waals surface area contributed by atoms with Gasteiger partial charge in [-0.05, 0) is 53.1 Å². The molecule has 43 heavy (non-hydrogen) atoms. The summed E-state index contributed by atoms with van der Waals surface area (Å²) in [5.74, 6) is -0.355. The molecule has 4 aromatic carbocycles. The Kier molecular flexibility index (Phi) is 9.62. The standard InChI is InChI=1S/C35H31N3O5/c39-33-15-7-6-14-32(33)34(40)43-25-38-21-8-9-26(24-38)23-36-35(41)37-29-16-18-30(19-17-29)42-22-20-28-12-4-5-13-31(28)27-10-2-1-3-11-27/h1-19,21,24H,20,22-23,25H2,(H2-,36,37,39,40,41). The second-order valence-electron chi connectivity index (χ2n) is 9.74. The number of ether oxygens (including phenoxy) is 2. The molecule has 0 atom stereocenters. The third kappa shape index (κ3) is 8.20. The number of esters is 1. The smallest absolute Gasteiger partial charge is 0.342 e. The van der Waals surface area contributed by atoms with Gasteiger partial charge in [-0.1, -0.05) is 78.5 Å². The lowest BCUT2D eigenvalue weighted by Gasteiger charge is -2.12. The van der Waals surface area contributed by atoms with Crippen LogP contribution in [0.3, 0.4) is 0 Å². The number of hydrogen-bond donors (Lipinski definition) is 2. The van der Waals surface area contributed by atoms with Gasteiger partial charge in [0, 0.05) is 23.7 Å². The SMILES string of the molecule is O=C(NCc1ccc[n+](COC(=O)c2ccccc2[O-])c1)Nc1ccc(OCCc2ccccc2-c2ccccc2)cc1. The van der Waals surface area contributed by atoms with E-state index in [-0.39, 0.29) is 30.6 Å². The van der Waals surface area contributed by atoms with Crippen LogP contribution in [-0.4, -0.2) is 18.6 Å². The van der Waals surface area contributed by atoms with E-state index < -0.39 is 5.97 Å².